The monoisotopic (exact) mass is 617 g/mol. The number of para-hydroxylation sites is 2. The molecule has 5 heteroatoms. The van der Waals surface area contributed by atoms with Crippen LogP contribution in [0.25, 0.3) is 103 Å². The molecule has 0 aliphatic rings. The zero-order valence-corrected chi connectivity index (χ0v) is 25.8. The molecule has 47 heavy (non-hydrogen) atoms. The normalized spacial score (nSPS) is 12.3. The van der Waals surface area contributed by atoms with E-state index in [1.165, 1.54) is 47.1 Å². The molecule has 4 nitrogen and oxygen atoms in total. The van der Waals surface area contributed by atoms with Crippen LogP contribution < -0.4 is 0 Å². The molecular formula is C42H23N3OS. The van der Waals surface area contributed by atoms with E-state index in [4.69, 9.17) is 14.4 Å². The van der Waals surface area contributed by atoms with Gasteiger partial charge in [0.25, 0.3) is 0 Å². The summed E-state index contributed by atoms with van der Waals surface area (Å²) in [6, 6.07) is 49.3. The van der Waals surface area contributed by atoms with Crippen molar-refractivity contribution in [3.8, 4) is 17.2 Å². The first-order valence-electron chi connectivity index (χ1n) is 15.8. The highest BCUT2D eigenvalue weighted by molar-refractivity contribution is 7.27. The van der Waals surface area contributed by atoms with Crippen LogP contribution in [0.2, 0.25) is 0 Å². The van der Waals surface area contributed by atoms with Crippen molar-refractivity contribution in [2.45, 2.75) is 0 Å². The Hall–Kier alpha value is -6.04. The lowest BCUT2D eigenvalue weighted by atomic mass is 10.00. The predicted molar refractivity (Wildman–Crippen MR) is 197 cm³/mol. The lowest BCUT2D eigenvalue weighted by Crippen LogP contribution is -2.03. The molecular weight excluding hydrogens is 595 g/mol. The molecule has 0 radical (unpaired) electrons. The van der Waals surface area contributed by atoms with E-state index in [1.54, 1.807) is 0 Å². The van der Waals surface area contributed by atoms with E-state index in [0.29, 0.717) is 11.5 Å². The molecule has 0 saturated heterocycles. The molecule has 0 aliphatic heterocycles. The lowest BCUT2D eigenvalue weighted by Gasteiger charge is -2.12. The number of benzene rings is 7. The maximum atomic E-state index is 6.53. The molecule has 4 heterocycles. The molecule has 0 saturated carbocycles. The van der Waals surface area contributed by atoms with E-state index < -0.39 is 0 Å². The minimum atomic E-state index is 0.629. The van der Waals surface area contributed by atoms with Gasteiger partial charge in [-0.3, -0.25) is 4.57 Å². The number of rotatable bonds is 2. The molecule has 11 aromatic rings. The van der Waals surface area contributed by atoms with Crippen molar-refractivity contribution in [1.82, 2.24) is 14.5 Å². The second kappa shape index (κ2) is 9.25. The van der Waals surface area contributed by atoms with E-state index in [0.717, 1.165) is 44.2 Å². The Bertz CT molecular complexity index is 3090. The first-order valence-corrected chi connectivity index (χ1v) is 16.6. The van der Waals surface area contributed by atoms with Gasteiger partial charge in [-0.2, -0.15) is 0 Å². The number of fused-ring (bicyclic) bond motifs is 14. The fourth-order valence-corrected chi connectivity index (χ4v) is 8.82. The van der Waals surface area contributed by atoms with Gasteiger partial charge in [-0.1, -0.05) is 109 Å². The fraction of sp³-hybridized carbons (Fsp3) is 0. The number of hydrogen-bond donors (Lipinski definition) is 0. The van der Waals surface area contributed by atoms with Gasteiger partial charge in [0.2, 0.25) is 5.95 Å². The Balaban J connectivity index is 1.35. The van der Waals surface area contributed by atoms with Crippen molar-refractivity contribution in [1.29, 1.82) is 0 Å². The van der Waals surface area contributed by atoms with Crippen molar-refractivity contribution in [3.05, 3.63) is 140 Å². The summed E-state index contributed by atoms with van der Waals surface area (Å²) in [6.45, 7) is 0. The van der Waals surface area contributed by atoms with Gasteiger partial charge in [-0.15, -0.1) is 11.3 Å². The van der Waals surface area contributed by atoms with Crippen molar-refractivity contribution < 1.29 is 4.42 Å². The highest BCUT2D eigenvalue weighted by Crippen LogP contribution is 2.48. The van der Waals surface area contributed by atoms with Crippen molar-refractivity contribution in [2.24, 2.45) is 0 Å². The summed E-state index contributed by atoms with van der Waals surface area (Å²) in [6.07, 6.45) is 0. The summed E-state index contributed by atoms with van der Waals surface area (Å²) in [5, 5.41) is 10.8. The first-order chi connectivity index (χ1) is 23.3. The molecule has 218 valence electrons. The van der Waals surface area contributed by atoms with Gasteiger partial charge < -0.3 is 4.42 Å². The zero-order chi connectivity index (χ0) is 30.6. The van der Waals surface area contributed by atoms with Crippen LogP contribution in [0, 0.1) is 0 Å². The Kier molecular flexibility index (Phi) is 4.96. The molecule has 11 rings (SSSR count). The molecule has 0 atom stereocenters. The minimum absolute atomic E-state index is 0.629. The Morgan fingerprint density at radius 3 is 2.15 bits per heavy atom. The van der Waals surface area contributed by atoms with Crippen molar-refractivity contribution in [3.63, 3.8) is 0 Å². The third kappa shape index (κ3) is 3.41. The SMILES string of the molecule is c1ccc2cc(-c3nc(-n4c5ccccc5c5c6sc7ccccc7c6c6ccccc6c54)nc4c3oc3ccccc34)ccc2c1. The van der Waals surface area contributed by atoms with Gasteiger partial charge in [0.1, 0.15) is 16.8 Å². The van der Waals surface area contributed by atoms with E-state index in [2.05, 4.69) is 126 Å². The topological polar surface area (TPSA) is 43.9 Å². The maximum Gasteiger partial charge on any atom is 0.236 e. The summed E-state index contributed by atoms with van der Waals surface area (Å²) >= 11 is 1.87. The lowest BCUT2D eigenvalue weighted by molar-refractivity contribution is 0.666. The first kappa shape index (κ1) is 25.2. The number of hydrogen-bond acceptors (Lipinski definition) is 4. The van der Waals surface area contributed by atoms with Crippen LogP contribution in [0.15, 0.2) is 144 Å². The van der Waals surface area contributed by atoms with Gasteiger partial charge >= 0.3 is 0 Å². The van der Waals surface area contributed by atoms with Gasteiger partial charge in [-0.25, -0.2) is 9.97 Å². The minimum Gasteiger partial charge on any atom is -0.452 e. The average molecular weight is 618 g/mol. The average Bonchev–Trinajstić information content (AvgIpc) is 3.81. The summed E-state index contributed by atoms with van der Waals surface area (Å²) in [7, 11) is 0. The smallest absolute Gasteiger partial charge is 0.236 e. The van der Waals surface area contributed by atoms with Crippen molar-refractivity contribution >= 4 is 96.9 Å². The van der Waals surface area contributed by atoms with Crippen LogP contribution in [-0.2, 0) is 0 Å². The molecule has 4 aromatic heterocycles. The molecule has 0 fully saturated rings. The maximum absolute atomic E-state index is 6.53. The highest BCUT2D eigenvalue weighted by Gasteiger charge is 2.24. The highest BCUT2D eigenvalue weighted by atomic mass is 32.1. The Morgan fingerprint density at radius 1 is 0.553 bits per heavy atom. The fourth-order valence-electron chi connectivity index (χ4n) is 7.54. The van der Waals surface area contributed by atoms with Crippen molar-refractivity contribution in [2.75, 3.05) is 0 Å². The molecule has 0 bridgehead atoms. The zero-order valence-electron chi connectivity index (χ0n) is 24.9. The van der Waals surface area contributed by atoms with Crippen LogP contribution in [0.3, 0.4) is 0 Å². The molecule has 0 aliphatic carbocycles. The van der Waals surface area contributed by atoms with E-state index in [9.17, 15) is 0 Å². The van der Waals surface area contributed by atoms with Crippen LogP contribution in [-0.4, -0.2) is 14.5 Å². The third-order valence-corrected chi connectivity index (χ3v) is 10.8. The van der Waals surface area contributed by atoms with Crippen LogP contribution in [0.1, 0.15) is 0 Å². The van der Waals surface area contributed by atoms with E-state index in [1.807, 2.05) is 29.5 Å². The second-order valence-electron chi connectivity index (χ2n) is 12.1. The molecule has 7 aromatic carbocycles. The molecule has 0 unspecified atom stereocenters. The summed E-state index contributed by atoms with van der Waals surface area (Å²) in [5.41, 5.74) is 6.29. The Morgan fingerprint density at radius 2 is 1.26 bits per heavy atom. The van der Waals surface area contributed by atoms with Crippen LogP contribution in [0.4, 0.5) is 0 Å². The molecule has 0 N–H and O–H groups in total. The number of nitrogens with zero attached hydrogens (tertiary/aromatic N) is 3. The third-order valence-electron chi connectivity index (χ3n) is 9.58. The van der Waals surface area contributed by atoms with Crippen LogP contribution >= 0.6 is 11.3 Å². The summed E-state index contributed by atoms with van der Waals surface area (Å²) in [5.74, 6) is 0.629. The predicted octanol–water partition coefficient (Wildman–Crippen LogP) is 11.8. The summed E-state index contributed by atoms with van der Waals surface area (Å²) < 4.78 is 11.4. The standard InChI is InChI=1S/C42H23N3OS/c1-2-12-25-23-26(22-21-24(25)11-1)37-40-38(30-16-6-9-19-33(30)46-40)44-42(43-37)45-32-18-8-5-15-29(32)36-39(45)28-14-4-3-13-27(28)35-31-17-7-10-20-34(31)47-41(35)36/h1-23H. The van der Waals surface area contributed by atoms with Gasteiger partial charge in [0.05, 0.1) is 11.0 Å². The Labute approximate surface area is 271 Å². The van der Waals surface area contributed by atoms with Crippen LogP contribution in [0.5, 0.6) is 0 Å². The number of furan rings is 1. The number of aromatic nitrogens is 3. The summed E-state index contributed by atoms with van der Waals surface area (Å²) in [4.78, 5) is 10.8. The van der Waals surface area contributed by atoms with Gasteiger partial charge in [0.15, 0.2) is 5.58 Å². The number of thiophene rings is 1. The van der Waals surface area contributed by atoms with Gasteiger partial charge in [0, 0.05) is 47.3 Å². The molecule has 0 amide bonds. The van der Waals surface area contributed by atoms with Gasteiger partial charge in [-0.05, 0) is 46.5 Å². The largest absolute Gasteiger partial charge is 0.452 e. The van der Waals surface area contributed by atoms with E-state index in [-0.39, 0.29) is 0 Å². The molecule has 0 spiro atoms. The second-order valence-corrected chi connectivity index (χ2v) is 13.2. The quantitative estimate of drug-likeness (QED) is 0.194. The van der Waals surface area contributed by atoms with E-state index >= 15 is 0 Å².